The van der Waals surface area contributed by atoms with Gasteiger partial charge in [-0.2, -0.15) is 65.9 Å². The van der Waals surface area contributed by atoms with E-state index < -0.39 is 75.9 Å². The third kappa shape index (κ3) is 4.90. The lowest BCUT2D eigenvalue weighted by Crippen LogP contribution is -2.25. The minimum absolute atomic E-state index is 0.0239. The van der Waals surface area contributed by atoms with Gasteiger partial charge in [-0.15, -0.1) is 0 Å². The molecule has 0 spiro atoms. The first-order valence-corrected chi connectivity index (χ1v) is 7.66. The van der Waals surface area contributed by atoms with Crippen molar-refractivity contribution < 1.29 is 65.9 Å². The Hall–Kier alpha value is -2.61. The van der Waals surface area contributed by atoms with Crippen molar-refractivity contribution in [3.05, 3.63) is 58.1 Å². The maximum absolute atomic E-state index is 13.5. The van der Waals surface area contributed by atoms with Crippen LogP contribution in [0.25, 0.3) is 11.1 Å². The maximum Gasteiger partial charge on any atom is 0.417 e. The average Bonchev–Trinajstić information content (AvgIpc) is 2.56. The van der Waals surface area contributed by atoms with Gasteiger partial charge in [0, 0.05) is 0 Å². The molecule has 1 radical (unpaired) electrons. The molecule has 0 fully saturated rings. The topological polar surface area (TPSA) is 0 Å². The first-order valence-electron chi connectivity index (χ1n) is 7.66. The third-order valence-corrected chi connectivity index (χ3v) is 3.92. The van der Waals surface area contributed by atoms with E-state index in [1.54, 1.807) is 0 Å². The molecule has 0 atom stereocenters. The Bertz CT molecular complexity index is 997. The van der Waals surface area contributed by atoms with Gasteiger partial charge in [0.2, 0.25) is 0 Å². The molecule has 0 amide bonds. The van der Waals surface area contributed by atoms with Crippen molar-refractivity contribution in [3.8, 4) is 11.1 Å². The lowest BCUT2D eigenvalue weighted by molar-refractivity contribution is -0.174. The number of halogens is 15. The molecule has 15 heteroatoms. The Morgan fingerprint density at radius 2 is 0.938 bits per heavy atom. The zero-order valence-electron chi connectivity index (χ0n) is 14.5. The summed E-state index contributed by atoms with van der Waals surface area (Å²) in [6, 6.07) is 0.243. The van der Waals surface area contributed by atoms with Crippen LogP contribution in [0.1, 0.15) is 27.8 Å². The molecule has 2 aromatic rings. The van der Waals surface area contributed by atoms with Crippen LogP contribution in [0.2, 0.25) is 0 Å². The van der Waals surface area contributed by atoms with E-state index in [4.69, 9.17) is 0 Å². The van der Waals surface area contributed by atoms with Crippen molar-refractivity contribution in [2.45, 2.75) is 30.9 Å². The molecule has 0 aliphatic heterocycles. The van der Waals surface area contributed by atoms with E-state index in [9.17, 15) is 65.9 Å². The van der Waals surface area contributed by atoms with Crippen molar-refractivity contribution >= 4 is 0 Å². The second-order valence-corrected chi connectivity index (χ2v) is 6.04. The number of hydrogen-bond donors (Lipinski definition) is 0. The molecule has 0 heterocycles. The number of alkyl halides is 15. The lowest BCUT2D eigenvalue weighted by Gasteiger charge is -2.25. The van der Waals surface area contributed by atoms with Gasteiger partial charge >= 0.3 is 30.9 Å². The van der Waals surface area contributed by atoms with Crippen molar-refractivity contribution in [1.29, 1.82) is 0 Å². The van der Waals surface area contributed by atoms with Crippen molar-refractivity contribution in [1.82, 2.24) is 0 Å². The Morgan fingerprint density at radius 3 is 1.31 bits per heavy atom. The van der Waals surface area contributed by atoms with E-state index in [0.717, 1.165) is 6.07 Å². The standard InChI is InChI=1S/C17H4F15/c18-13(19,20)8-3-1-2-6(10(8)15(24,25)26)7-4-5-9(14(21,22)23)12(17(30,31)32)11(7)16(27,28)29/h1-4H. The van der Waals surface area contributed by atoms with E-state index in [0.29, 0.717) is 0 Å². The van der Waals surface area contributed by atoms with Crippen LogP contribution in [-0.2, 0) is 30.9 Å². The number of benzene rings is 2. The largest absolute Gasteiger partial charge is 0.417 e. The highest BCUT2D eigenvalue weighted by Gasteiger charge is 2.53. The molecule has 177 valence electrons. The zero-order chi connectivity index (χ0) is 25.1. The van der Waals surface area contributed by atoms with Crippen molar-refractivity contribution in [3.63, 3.8) is 0 Å². The summed E-state index contributed by atoms with van der Waals surface area (Å²) in [6.45, 7) is 0. The van der Waals surface area contributed by atoms with Gasteiger partial charge < -0.3 is 0 Å². The average molecular weight is 493 g/mol. The Labute approximate surface area is 167 Å². The van der Waals surface area contributed by atoms with E-state index in [1.165, 1.54) is 0 Å². The summed E-state index contributed by atoms with van der Waals surface area (Å²) in [5, 5.41) is 0. The smallest absolute Gasteiger partial charge is 0.166 e. The second-order valence-electron chi connectivity index (χ2n) is 6.04. The Morgan fingerprint density at radius 1 is 0.469 bits per heavy atom. The van der Waals surface area contributed by atoms with Gasteiger partial charge in [-0.05, 0) is 29.3 Å². The quantitative estimate of drug-likeness (QED) is 0.351. The van der Waals surface area contributed by atoms with E-state index in [2.05, 4.69) is 0 Å². The van der Waals surface area contributed by atoms with Crippen LogP contribution in [0.4, 0.5) is 65.9 Å². The fraction of sp³-hybridized carbons (Fsp3) is 0.294. The predicted molar refractivity (Wildman–Crippen MR) is 75.7 cm³/mol. The van der Waals surface area contributed by atoms with Crippen molar-refractivity contribution in [2.75, 3.05) is 0 Å². The summed E-state index contributed by atoms with van der Waals surface area (Å²) in [5.74, 6) is 0. The SMILES string of the molecule is FC(F)(F)c1[c]cc(-c2cccc(C(F)(F)F)c2C(F)(F)F)c(C(F)(F)F)c1C(F)(F)F. The summed E-state index contributed by atoms with van der Waals surface area (Å²) in [4.78, 5) is 0. The second kappa shape index (κ2) is 7.47. The van der Waals surface area contributed by atoms with Gasteiger partial charge in [0.25, 0.3) is 0 Å². The number of rotatable bonds is 1. The van der Waals surface area contributed by atoms with E-state index in [-0.39, 0.29) is 18.2 Å². The van der Waals surface area contributed by atoms with E-state index >= 15 is 0 Å². The summed E-state index contributed by atoms with van der Waals surface area (Å²) in [7, 11) is 0. The van der Waals surface area contributed by atoms with Gasteiger partial charge in [0.15, 0.2) is 0 Å². The summed E-state index contributed by atoms with van der Waals surface area (Å²) in [6.07, 6.45) is -30.7. The van der Waals surface area contributed by atoms with Crippen LogP contribution in [0.3, 0.4) is 0 Å². The molecule has 0 unspecified atom stereocenters. The van der Waals surface area contributed by atoms with Crippen LogP contribution in [-0.4, -0.2) is 0 Å². The maximum atomic E-state index is 13.5. The molecule has 0 aliphatic rings. The zero-order valence-corrected chi connectivity index (χ0v) is 14.5. The molecule has 0 saturated heterocycles. The van der Waals surface area contributed by atoms with Gasteiger partial charge in [0.05, 0.1) is 27.8 Å². The Balaban J connectivity index is 3.18. The van der Waals surface area contributed by atoms with Crippen LogP contribution in [0.5, 0.6) is 0 Å². The molecule has 0 aromatic heterocycles. The van der Waals surface area contributed by atoms with Gasteiger partial charge in [-0.1, -0.05) is 12.1 Å². The van der Waals surface area contributed by atoms with Crippen LogP contribution in [0, 0.1) is 6.07 Å². The third-order valence-electron chi connectivity index (χ3n) is 3.92. The first-order chi connectivity index (χ1) is 14.1. The van der Waals surface area contributed by atoms with Gasteiger partial charge in [-0.3, -0.25) is 0 Å². The van der Waals surface area contributed by atoms with Crippen LogP contribution < -0.4 is 0 Å². The molecule has 2 rings (SSSR count). The normalized spacial score (nSPS) is 14.1. The lowest BCUT2D eigenvalue weighted by atomic mass is 9.87. The molecule has 0 nitrogen and oxygen atoms in total. The molecule has 0 N–H and O–H groups in total. The fourth-order valence-electron chi connectivity index (χ4n) is 2.88. The van der Waals surface area contributed by atoms with Gasteiger partial charge in [0.1, 0.15) is 0 Å². The van der Waals surface area contributed by atoms with Crippen molar-refractivity contribution in [2.24, 2.45) is 0 Å². The highest BCUT2D eigenvalue weighted by atomic mass is 19.4. The van der Waals surface area contributed by atoms with Crippen LogP contribution in [0.15, 0.2) is 24.3 Å². The summed E-state index contributed by atoms with van der Waals surface area (Å²) in [5.41, 5.74) is -19.3. The fourth-order valence-corrected chi connectivity index (χ4v) is 2.88. The van der Waals surface area contributed by atoms with Gasteiger partial charge in [-0.25, -0.2) is 0 Å². The minimum atomic E-state index is -6.41. The predicted octanol–water partition coefficient (Wildman–Crippen LogP) is 8.25. The molecule has 0 bridgehead atoms. The molecule has 2 aromatic carbocycles. The molecule has 0 aliphatic carbocycles. The summed E-state index contributed by atoms with van der Waals surface area (Å²) < 4.78 is 198. The minimum Gasteiger partial charge on any atom is -0.166 e. The molecular weight excluding hydrogens is 489 g/mol. The highest BCUT2D eigenvalue weighted by molar-refractivity contribution is 5.75. The highest BCUT2D eigenvalue weighted by Crippen LogP contribution is 2.52. The Kier molecular flexibility index (Phi) is 5.99. The molecule has 32 heavy (non-hydrogen) atoms. The molecule has 0 saturated carbocycles. The molecular formula is C17H4F15. The summed E-state index contributed by atoms with van der Waals surface area (Å²) >= 11 is 0. The van der Waals surface area contributed by atoms with E-state index in [1.807, 2.05) is 0 Å². The number of hydrogen-bond acceptors (Lipinski definition) is 0. The first kappa shape index (κ1) is 25.6. The monoisotopic (exact) mass is 493 g/mol. The van der Waals surface area contributed by atoms with Crippen LogP contribution >= 0.6 is 0 Å².